The van der Waals surface area contributed by atoms with Gasteiger partial charge in [-0.3, -0.25) is 4.79 Å². The molecular weight excluding hydrogens is 342 g/mol. The Morgan fingerprint density at radius 3 is 2.50 bits per heavy atom. The fraction of sp³-hybridized carbons (Fsp3) is 0.105. The summed E-state index contributed by atoms with van der Waals surface area (Å²) in [5, 5.41) is 2.83. The Morgan fingerprint density at radius 1 is 1.00 bits per heavy atom. The molecule has 1 aromatic heterocycles. The number of ether oxygens (including phenoxy) is 1. The highest BCUT2D eigenvalue weighted by Crippen LogP contribution is 2.29. The Kier molecular flexibility index (Phi) is 5.51. The molecule has 3 aromatic rings. The van der Waals surface area contributed by atoms with Crippen LogP contribution in [-0.4, -0.2) is 19.1 Å². The number of thiophene rings is 1. The third-order valence-corrected chi connectivity index (χ3v) is 4.64. The molecule has 2 aromatic carbocycles. The number of hydrogen-bond donors (Lipinski definition) is 1. The van der Waals surface area contributed by atoms with Gasteiger partial charge in [0.05, 0.1) is 15.8 Å². The molecule has 0 saturated carbocycles. The van der Waals surface area contributed by atoms with Crippen LogP contribution in [0.1, 0.15) is 9.67 Å². The minimum Gasteiger partial charge on any atom is -0.491 e. The van der Waals surface area contributed by atoms with Crippen LogP contribution in [0.3, 0.4) is 0 Å². The monoisotopic (exact) mass is 357 g/mol. The van der Waals surface area contributed by atoms with Crippen LogP contribution < -0.4 is 10.1 Å². The first-order valence-corrected chi connectivity index (χ1v) is 8.74. The van der Waals surface area contributed by atoms with E-state index in [1.54, 1.807) is 12.1 Å². The van der Waals surface area contributed by atoms with Gasteiger partial charge in [-0.05, 0) is 23.8 Å². The van der Waals surface area contributed by atoms with Gasteiger partial charge in [-0.1, -0.05) is 60.1 Å². The van der Waals surface area contributed by atoms with Crippen molar-refractivity contribution >= 4 is 28.8 Å². The number of para-hydroxylation sites is 1. The summed E-state index contributed by atoms with van der Waals surface area (Å²) in [5.74, 6) is 0.670. The van der Waals surface area contributed by atoms with Gasteiger partial charge < -0.3 is 10.1 Å². The largest absolute Gasteiger partial charge is 0.491 e. The summed E-state index contributed by atoms with van der Waals surface area (Å²) >= 11 is 7.10. The maximum atomic E-state index is 11.9. The van der Waals surface area contributed by atoms with E-state index < -0.39 is 0 Å². The molecule has 1 N–H and O–H groups in total. The van der Waals surface area contributed by atoms with Crippen molar-refractivity contribution in [3.8, 4) is 16.9 Å². The highest BCUT2D eigenvalue weighted by Gasteiger charge is 2.08. The smallest absolute Gasteiger partial charge is 0.261 e. The first kappa shape index (κ1) is 16.6. The molecule has 0 aliphatic heterocycles. The van der Waals surface area contributed by atoms with Gasteiger partial charge in [-0.15, -0.1) is 11.3 Å². The lowest BCUT2D eigenvalue weighted by atomic mass is 10.1. The predicted octanol–water partition coefficient (Wildman–Crippen LogP) is 4.88. The summed E-state index contributed by atoms with van der Waals surface area (Å²) in [4.78, 5) is 12.5. The number of halogens is 1. The molecule has 122 valence electrons. The van der Waals surface area contributed by atoms with E-state index in [1.807, 2.05) is 54.6 Å². The van der Waals surface area contributed by atoms with Crippen molar-refractivity contribution in [3.05, 3.63) is 75.9 Å². The van der Waals surface area contributed by atoms with Crippen LogP contribution in [0.5, 0.6) is 5.75 Å². The average Bonchev–Trinajstić information content (AvgIpc) is 3.06. The summed E-state index contributed by atoms with van der Waals surface area (Å²) < 4.78 is 6.45. The third-order valence-electron chi connectivity index (χ3n) is 3.41. The Bertz CT molecular complexity index is 817. The minimum absolute atomic E-state index is 0.133. The molecule has 5 heteroatoms. The molecule has 0 radical (unpaired) electrons. The molecule has 0 unspecified atom stereocenters. The van der Waals surface area contributed by atoms with Crippen molar-refractivity contribution in [2.45, 2.75) is 0 Å². The van der Waals surface area contributed by atoms with E-state index in [-0.39, 0.29) is 5.91 Å². The van der Waals surface area contributed by atoms with E-state index in [9.17, 15) is 4.79 Å². The fourth-order valence-electron chi connectivity index (χ4n) is 2.30. The summed E-state index contributed by atoms with van der Waals surface area (Å²) in [6.45, 7) is 0.826. The van der Waals surface area contributed by atoms with E-state index in [0.717, 1.165) is 16.9 Å². The van der Waals surface area contributed by atoms with Crippen LogP contribution >= 0.6 is 22.9 Å². The minimum atomic E-state index is -0.133. The van der Waals surface area contributed by atoms with Crippen LogP contribution in [0.15, 0.2) is 66.7 Å². The molecule has 0 saturated heterocycles. The summed E-state index contributed by atoms with van der Waals surface area (Å²) in [6, 6.07) is 21.4. The Labute approximate surface area is 149 Å². The zero-order valence-electron chi connectivity index (χ0n) is 12.9. The molecule has 0 bridgehead atoms. The van der Waals surface area contributed by atoms with Gasteiger partial charge in [0.25, 0.3) is 5.91 Å². The van der Waals surface area contributed by atoms with E-state index >= 15 is 0 Å². The van der Waals surface area contributed by atoms with Crippen LogP contribution in [-0.2, 0) is 0 Å². The van der Waals surface area contributed by atoms with Crippen molar-refractivity contribution in [1.82, 2.24) is 5.32 Å². The fourth-order valence-corrected chi connectivity index (χ4v) is 3.26. The van der Waals surface area contributed by atoms with Crippen LogP contribution in [0.25, 0.3) is 11.1 Å². The molecule has 0 atom stereocenters. The molecule has 0 fully saturated rings. The normalized spacial score (nSPS) is 10.4. The molecule has 3 nitrogen and oxygen atoms in total. The second-order valence-corrected chi connectivity index (χ2v) is 6.79. The quantitative estimate of drug-likeness (QED) is 0.639. The molecule has 1 heterocycles. The van der Waals surface area contributed by atoms with Gasteiger partial charge in [0, 0.05) is 5.56 Å². The topological polar surface area (TPSA) is 38.3 Å². The van der Waals surface area contributed by atoms with Crippen molar-refractivity contribution in [3.63, 3.8) is 0 Å². The van der Waals surface area contributed by atoms with Gasteiger partial charge in [0.15, 0.2) is 0 Å². The molecule has 24 heavy (non-hydrogen) atoms. The number of hydrogen-bond acceptors (Lipinski definition) is 3. The second kappa shape index (κ2) is 7.99. The Balaban J connectivity index is 1.57. The maximum Gasteiger partial charge on any atom is 0.261 e. The highest BCUT2D eigenvalue weighted by atomic mass is 35.5. The van der Waals surface area contributed by atoms with Crippen molar-refractivity contribution in [1.29, 1.82) is 0 Å². The number of rotatable bonds is 6. The number of nitrogens with one attached hydrogen (secondary N) is 1. The second-order valence-electron chi connectivity index (χ2n) is 5.07. The van der Waals surface area contributed by atoms with Gasteiger partial charge in [-0.2, -0.15) is 0 Å². The SMILES string of the molecule is O=C(NCCOc1ccccc1-c1ccccc1)c1ccc(Cl)s1. The van der Waals surface area contributed by atoms with Crippen LogP contribution in [0.4, 0.5) is 0 Å². The number of benzene rings is 2. The maximum absolute atomic E-state index is 11.9. The van der Waals surface area contributed by atoms with Gasteiger partial charge >= 0.3 is 0 Å². The molecule has 0 aliphatic rings. The zero-order valence-corrected chi connectivity index (χ0v) is 14.4. The average molecular weight is 358 g/mol. The molecular formula is C19H16ClNO2S. The van der Waals surface area contributed by atoms with E-state index in [1.165, 1.54) is 11.3 Å². The van der Waals surface area contributed by atoms with E-state index in [4.69, 9.17) is 16.3 Å². The molecule has 0 aliphatic carbocycles. The molecule has 1 amide bonds. The van der Waals surface area contributed by atoms with Crippen molar-refractivity contribution in [2.75, 3.05) is 13.2 Å². The third kappa shape index (κ3) is 4.16. The Morgan fingerprint density at radius 2 is 1.75 bits per heavy atom. The first-order valence-electron chi connectivity index (χ1n) is 7.55. The molecule has 0 spiro atoms. The zero-order chi connectivity index (χ0) is 16.8. The summed E-state index contributed by atoms with van der Waals surface area (Å²) in [6.07, 6.45) is 0. The molecule has 3 rings (SSSR count). The Hall–Kier alpha value is -2.30. The van der Waals surface area contributed by atoms with Crippen molar-refractivity contribution in [2.24, 2.45) is 0 Å². The lowest BCUT2D eigenvalue weighted by Gasteiger charge is -2.12. The van der Waals surface area contributed by atoms with Crippen molar-refractivity contribution < 1.29 is 9.53 Å². The number of amides is 1. The summed E-state index contributed by atoms with van der Waals surface area (Å²) in [7, 11) is 0. The number of carbonyl (C=O) groups excluding carboxylic acids is 1. The van der Waals surface area contributed by atoms with E-state index in [2.05, 4.69) is 5.32 Å². The van der Waals surface area contributed by atoms with Gasteiger partial charge in [-0.25, -0.2) is 0 Å². The van der Waals surface area contributed by atoms with Crippen LogP contribution in [0, 0.1) is 0 Å². The first-order chi connectivity index (χ1) is 11.7. The standard InChI is InChI=1S/C19H16ClNO2S/c20-18-11-10-17(24-18)19(22)21-12-13-23-16-9-5-4-8-15(16)14-6-2-1-3-7-14/h1-11H,12-13H2,(H,21,22). The highest BCUT2D eigenvalue weighted by molar-refractivity contribution is 7.17. The van der Waals surface area contributed by atoms with Crippen LogP contribution in [0.2, 0.25) is 4.34 Å². The van der Waals surface area contributed by atoms with Gasteiger partial charge in [0.1, 0.15) is 12.4 Å². The number of carbonyl (C=O) groups is 1. The van der Waals surface area contributed by atoms with E-state index in [0.29, 0.717) is 22.4 Å². The van der Waals surface area contributed by atoms with Gasteiger partial charge in [0.2, 0.25) is 0 Å². The lowest BCUT2D eigenvalue weighted by Crippen LogP contribution is -2.27. The summed E-state index contributed by atoms with van der Waals surface area (Å²) in [5.41, 5.74) is 2.14. The lowest BCUT2D eigenvalue weighted by molar-refractivity contribution is 0.0951. The predicted molar refractivity (Wildman–Crippen MR) is 99.0 cm³/mol.